The Hall–Kier alpha value is -2.50. The number of fused-ring (bicyclic) bond motifs is 4. The van der Waals surface area contributed by atoms with Crippen molar-refractivity contribution in [2.24, 2.45) is 5.41 Å². The van der Waals surface area contributed by atoms with Gasteiger partial charge in [0.05, 0.1) is 19.6 Å². The molecule has 0 saturated carbocycles. The van der Waals surface area contributed by atoms with E-state index in [0.29, 0.717) is 25.7 Å². The van der Waals surface area contributed by atoms with Gasteiger partial charge in [0.25, 0.3) is 0 Å². The van der Waals surface area contributed by atoms with Crippen LogP contribution in [0.4, 0.5) is 0 Å². The van der Waals surface area contributed by atoms with Crippen molar-refractivity contribution < 1.29 is 52.5 Å². The highest BCUT2D eigenvalue weighted by atomic mass is 35.7. The van der Waals surface area contributed by atoms with Gasteiger partial charge >= 0.3 is 11.9 Å². The highest BCUT2D eigenvalue weighted by Crippen LogP contribution is 2.44. The van der Waals surface area contributed by atoms with Gasteiger partial charge in [-0.1, -0.05) is 18.2 Å². The summed E-state index contributed by atoms with van der Waals surface area (Å²) in [7, 11) is -2.08. The highest BCUT2D eigenvalue weighted by molar-refractivity contribution is 6.06. The zero-order valence-corrected chi connectivity index (χ0v) is 20.0. The Balaban J connectivity index is 0.000000588. The minimum atomic E-state index is -4.94. The molecule has 1 N–H and O–H groups in total. The van der Waals surface area contributed by atoms with Crippen LogP contribution in [0.15, 0.2) is 24.3 Å². The van der Waals surface area contributed by atoms with E-state index in [-0.39, 0.29) is 17.4 Å². The van der Waals surface area contributed by atoms with Crippen molar-refractivity contribution in [1.82, 2.24) is 4.98 Å². The maximum absolute atomic E-state index is 12.0. The molecule has 0 aliphatic carbocycles. The van der Waals surface area contributed by atoms with Gasteiger partial charge in [0, 0.05) is 36.6 Å². The molecule has 1 aromatic heterocycles. The van der Waals surface area contributed by atoms with E-state index < -0.39 is 10.2 Å². The second-order valence-electron chi connectivity index (χ2n) is 8.52. The lowest BCUT2D eigenvalue weighted by atomic mass is 9.67. The Labute approximate surface area is 199 Å². The van der Waals surface area contributed by atoms with Crippen LogP contribution in [0.1, 0.15) is 49.8 Å². The summed E-state index contributed by atoms with van der Waals surface area (Å²) in [6, 6.07) is 8.42. The lowest BCUT2D eigenvalue weighted by Crippen LogP contribution is -2.68. The summed E-state index contributed by atoms with van der Waals surface area (Å²) in [5.41, 5.74) is 4.72. The van der Waals surface area contributed by atoms with Gasteiger partial charge in [-0.25, -0.2) is 23.2 Å². The van der Waals surface area contributed by atoms with E-state index in [4.69, 9.17) is 28.1 Å². The van der Waals surface area contributed by atoms with Gasteiger partial charge in [0.15, 0.2) is 0 Å². The molecule has 2 aromatic rings. The van der Waals surface area contributed by atoms with E-state index in [9.17, 15) is 9.59 Å². The van der Waals surface area contributed by atoms with Crippen LogP contribution in [0.3, 0.4) is 0 Å². The minimum absolute atomic E-state index is 0.201. The number of nitrogens with zero attached hydrogens (tertiary/aromatic N) is 1. The summed E-state index contributed by atoms with van der Waals surface area (Å²) in [6.07, 6.45) is 5.08. The van der Waals surface area contributed by atoms with Crippen molar-refractivity contribution in [1.29, 1.82) is 0 Å². The van der Waals surface area contributed by atoms with Gasteiger partial charge in [-0.3, -0.25) is 9.59 Å². The fourth-order valence-electron chi connectivity index (χ4n) is 5.23. The number of aromatic amines is 1. The predicted octanol–water partition coefficient (Wildman–Crippen LogP) is -1.54. The van der Waals surface area contributed by atoms with Gasteiger partial charge in [-0.05, 0) is 30.9 Å². The molecular formula is C23H29ClN2O8. The van der Waals surface area contributed by atoms with E-state index in [2.05, 4.69) is 33.8 Å². The largest absolute Gasteiger partial charge is 0.469 e. The highest BCUT2D eigenvalue weighted by Gasteiger charge is 2.48. The first-order chi connectivity index (χ1) is 16.1. The second-order valence-corrected chi connectivity index (χ2v) is 9.28. The lowest BCUT2D eigenvalue weighted by Gasteiger charge is -2.37. The summed E-state index contributed by atoms with van der Waals surface area (Å²) in [4.78, 5) is 27.6. The first-order valence-corrected chi connectivity index (χ1v) is 12.3. The zero-order chi connectivity index (χ0) is 24.9. The topological polar surface area (TPSA) is 164 Å². The van der Waals surface area contributed by atoms with Crippen LogP contribution in [0, 0.1) is 15.7 Å². The number of H-pyrrole nitrogens is 1. The molecular weight excluding hydrogens is 468 g/mol. The molecule has 0 atom stereocenters. The summed E-state index contributed by atoms with van der Waals surface area (Å²) in [6.45, 7) is 1.99. The maximum Gasteiger partial charge on any atom is 0.305 e. The maximum atomic E-state index is 12.0. The Morgan fingerprint density at radius 2 is 1.62 bits per heavy atom. The van der Waals surface area contributed by atoms with Gasteiger partial charge in [0.1, 0.15) is 18.8 Å². The summed E-state index contributed by atoms with van der Waals surface area (Å²) in [5.74, 6) is -0.402. The summed E-state index contributed by atoms with van der Waals surface area (Å²) in [5, 5.41) is 1.27. The molecule has 0 bridgehead atoms. The molecule has 0 unspecified atom stereocenters. The number of nitrogens with one attached hydrogen (secondary N) is 1. The van der Waals surface area contributed by atoms with Crippen LogP contribution >= 0.6 is 0 Å². The molecule has 186 valence electrons. The number of para-hydroxylation sites is 1. The SMILES string of the molecule is COC(=O)CCC1(CCC(=O)OC)CCC[N+]2=C1c1[nH]c3ccccc3c1CC2.[O-][Cl+3]([O-])([O-])[O-]. The number of benzene rings is 1. The van der Waals surface area contributed by atoms with Crippen molar-refractivity contribution in [3.8, 4) is 0 Å². The fourth-order valence-corrected chi connectivity index (χ4v) is 5.23. The molecule has 1 aromatic carbocycles. The first-order valence-electron chi connectivity index (χ1n) is 11.1. The number of methoxy groups -OCH3 is 2. The van der Waals surface area contributed by atoms with Crippen LogP contribution in [0.25, 0.3) is 10.9 Å². The normalized spacial score (nSPS) is 16.8. The quantitative estimate of drug-likeness (QED) is 0.371. The number of carbonyl (C=O) groups excluding carboxylic acids is 2. The number of esters is 2. The van der Waals surface area contributed by atoms with Crippen molar-refractivity contribution in [2.75, 3.05) is 27.3 Å². The fraction of sp³-hybridized carbons (Fsp3) is 0.522. The predicted molar refractivity (Wildman–Crippen MR) is 110 cm³/mol. The summed E-state index contributed by atoms with van der Waals surface area (Å²) >= 11 is 0. The van der Waals surface area contributed by atoms with E-state index in [0.717, 1.165) is 37.9 Å². The molecule has 0 spiro atoms. The minimum Gasteiger partial charge on any atom is -0.469 e. The smallest absolute Gasteiger partial charge is 0.305 e. The molecule has 10 nitrogen and oxygen atoms in total. The van der Waals surface area contributed by atoms with Crippen LogP contribution in [-0.4, -0.2) is 54.5 Å². The number of aromatic nitrogens is 1. The van der Waals surface area contributed by atoms with Crippen LogP contribution in [0.5, 0.6) is 0 Å². The molecule has 2 aliphatic heterocycles. The number of hydrogen-bond acceptors (Lipinski definition) is 8. The number of ether oxygens (including phenoxy) is 2. The molecule has 0 saturated heterocycles. The molecule has 11 heteroatoms. The Kier molecular flexibility index (Phi) is 8.32. The number of hydrogen-bond donors (Lipinski definition) is 1. The Morgan fingerprint density at radius 1 is 1.03 bits per heavy atom. The summed E-state index contributed by atoms with van der Waals surface area (Å²) < 4.78 is 46.3. The van der Waals surface area contributed by atoms with E-state index >= 15 is 0 Å². The molecule has 4 rings (SSSR count). The van der Waals surface area contributed by atoms with E-state index in [1.165, 1.54) is 36.6 Å². The molecule has 0 amide bonds. The number of rotatable bonds is 6. The van der Waals surface area contributed by atoms with Crippen LogP contribution < -0.4 is 18.6 Å². The van der Waals surface area contributed by atoms with Crippen LogP contribution in [-0.2, 0) is 25.5 Å². The third kappa shape index (κ3) is 6.13. The van der Waals surface area contributed by atoms with Crippen molar-refractivity contribution in [3.63, 3.8) is 0 Å². The average Bonchev–Trinajstić information content (AvgIpc) is 3.18. The van der Waals surface area contributed by atoms with Crippen LogP contribution in [0.2, 0.25) is 0 Å². The monoisotopic (exact) mass is 496 g/mol. The van der Waals surface area contributed by atoms with Gasteiger partial charge in [-0.15, -0.1) is 10.2 Å². The molecule has 34 heavy (non-hydrogen) atoms. The van der Waals surface area contributed by atoms with E-state index in [1.54, 1.807) is 0 Å². The number of carbonyl (C=O) groups is 2. The zero-order valence-electron chi connectivity index (χ0n) is 19.3. The molecule has 0 fully saturated rings. The van der Waals surface area contributed by atoms with Crippen molar-refractivity contribution in [2.45, 2.75) is 44.9 Å². The third-order valence-electron chi connectivity index (χ3n) is 6.65. The lowest BCUT2D eigenvalue weighted by molar-refractivity contribution is -2.00. The van der Waals surface area contributed by atoms with Crippen molar-refractivity contribution in [3.05, 3.63) is 35.5 Å². The molecule has 0 radical (unpaired) electrons. The van der Waals surface area contributed by atoms with Crippen molar-refractivity contribution >= 4 is 28.6 Å². The molecule has 3 heterocycles. The molecule has 2 aliphatic rings. The first kappa shape index (κ1) is 26.1. The van der Waals surface area contributed by atoms with Gasteiger partial charge < -0.3 is 14.5 Å². The second kappa shape index (κ2) is 10.8. The standard InChI is InChI=1S/C23H28N2O4.ClHO4/c1-28-19(26)8-12-23(13-9-20(27)29-2)11-5-14-25-15-10-17-16-6-3-4-7-18(16)24-21(17)22(23)25;2-1(3,4)5/h3-4,6-7H,5,8-15H2,1-2H3;(H,2,3,4,5). The Bertz CT molecular complexity index is 1050. The van der Waals surface area contributed by atoms with Gasteiger partial charge in [-0.2, -0.15) is 0 Å². The van der Waals surface area contributed by atoms with Gasteiger partial charge in [0.2, 0.25) is 5.71 Å². The van der Waals surface area contributed by atoms with E-state index in [1.807, 2.05) is 0 Å². The Morgan fingerprint density at radius 3 is 2.21 bits per heavy atom. The third-order valence-corrected chi connectivity index (χ3v) is 6.65. The number of halogens is 1. The average molecular weight is 497 g/mol.